The first kappa shape index (κ1) is 32.8. The summed E-state index contributed by atoms with van der Waals surface area (Å²) >= 11 is 0. The molecule has 1 saturated carbocycles. The molecule has 1 aliphatic rings. The van der Waals surface area contributed by atoms with Gasteiger partial charge >= 0.3 is 6.09 Å². The molecule has 4 N–H and O–H groups in total. The topological polar surface area (TPSA) is 128 Å². The predicted octanol–water partition coefficient (Wildman–Crippen LogP) is 5.74. The molecule has 0 saturated heterocycles. The number of benzene rings is 2. The zero-order valence-corrected chi connectivity index (χ0v) is 25.8. The third kappa shape index (κ3) is 9.13. The average molecular weight is 582 g/mol. The summed E-state index contributed by atoms with van der Waals surface area (Å²) in [7, 11) is 0. The van der Waals surface area contributed by atoms with Crippen molar-refractivity contribution < 1.29 is 29.3 Å². The molecule has 2 atom stereocenters. The lowest BCUT2D eigenvalue weighted by Crippen LogP contribution is -2.60. The zero-order valence-electron chi connectivity index (χ0n) is 25.8. The lowest BCUT2D eigenvalue weighted by Gasteiger charge is -2.45. The van der Waals surface area contributed by atoms with Crippen LogP contribution < -0.4 is 10.6 Å². The molecule has 9 heteroatoms. The number of hydrogen-bond acceptors (Lipinski definition) is 6. The van der Waals surface area contributed by atoms with Crippen molar-refractivity contribution in [3.8, 4) is 11.5 Å². The van der Waals surface area contributed by atoms with E-state index in [2.05, 4.69) is 10.6 Å². The van der Waals surface area contributed by atoms with Gasteiger partial charge in [-0.15, -0.1) is 0 Å². The maximum Gasteiger partial charge on any atom is 0.408 e. The van der Waals surface area contributed by atoms with Crippen LogP contribution in [0.25, 0.3) is 0 Å². The highest BCUT2D eigenvalue weighted by molar-refractivity contribution is 5.93. The standard InChI is InChI=1S/C33H47N3O6/c1-7-33(5,6)36(28(23-15-19-26(38)20-16-23)29(39)34-24-11-9-8-10-12-24)30(40)27(35-31(41)42-32(2,3)4)21-22-13-17-25(37)18-14-22/h13-20,24,27-28,37-38H,7-12,21H2,1-6H3,(H,34,39)(H,35,41). The van der Waals surface area contributed by atoms with E-state index in [1.807, 2.05) is 20.8 Å². The summed E-state index contributed by atoms with van der Waals surface area (Å²) in [5.41, 5.74) is -0.319. The van der Waals surface area contributed by atoms with Crippen LogP contribution in [-0.4, -0.2) is 56.2 Å². The number of nitrogens with zero attached hydrogens (tertiary/aromatic N) is 1. The van der Waals surface area contributed by atoms with Crippen LogP contribution in [0.15, 0.2) is 48.5 Å². The first-order valence-electron chi connectivity index (χ1n) is 14.9. The zero-order chi connectivity index (χ0) is 31.1. The molecular formula is C33H47N3O6. The minimum Gasteiger partial charge on any atom is -0.508 e. The average Bonchev–Trinajstić information content (AvgIpc) is 2.92. The summed E-state index contributed by atoms with van der Waals surface area (Å²) in [6.45, 7) is 11.0. The number of phenolic OH excluding ortho intramolecular Hbond substituents is 2. The van der Waals surface area contributed by atoms with Gasteiger partial charge in [-0.25, -0.2) is 4.79 Å². The van der Waals surface area contributed by atoms with E-state index in [-0.39, 0.29) is 29.9 Å². The Morgan fingerprint density at radius 2 is 1.45 bits per heavy atom. The van der Waals surface area contributed by atoms with Crippen LogP contribution >= 0.6 is 0 Å². The van der Waals surface area contributed by atoms with Crippen molar-refractivity contribution in [1.82, 2.24) is 15.5 Å². The number of aromatic hydroxyl groups is 2. The molecule has 230 valence electrons. The number of alkyl carbamates (subject to hydrolysis) is 1. The molecule has 2 aromatic carbocycles. The number of amides is 3. The Balaban J connectivity index is 2.08. The molecule has 3 amide bonds. The highest BCUT2D eigenvalue weighted by atomic mass is 16.6. The summed E-state index contributed by atoms with van der Waals surface area (Å²) in [5, 5.41) is 25.7. The van der Waals surface area contributed by atoms with Crippen molar-refractivity contribution in [3.63, 3.8) is 0 Å². The number of nitrogens with one attached hydrogen (secondary N) is 2. The van der Waals surface area contributed by atoms with Crippen molar-refractivity contribution in [2.45, 2.75) is 116 Å². The predicted molar refractivity (Wildman–Crippen MR) is 162 cm³/mol. The summed E-state index contributed by atoms with van der Waals surface area (Å²) in [6, 6.07) is 10.7. The molecular weight excluding hydrogens is 534 g/mol. The first-order valence-corrected chi connectivity index (χ1v) is 14.9. The van der Waals surface area contributed by atoms with Gasteiger partial charge in [0, 0.05) is 18.0 Å². The molecule has 3 rings (SSSR count). The van der Waals surface area contributed by atoms with Gasteiger partial charge in [-0.1, -0.05) is 50.5 Å². The van der Waals surface area contributed by atoms with E-state index in [1.165, 1.54) is 24.3 Å². The van der Waals surface area contributed by atoms with E-state index >= 15 is 0 Å². The van der Waals surface area contributed by atoms with Gasteiger partial charge in [0.2, 0.25) is 11.8 Å². The highest BCUT2D eigenvalue weighted by Crippen LogP contribution is 2.34. The van der Waals surface area contributed by atoms with Crippen molar-refractivity contribution in [2.75, 3.05) is 0 Å². The lowest BCUT2D eigenvalue weighted by molar-refractivity contribution is -0.149. The van der Waals surface area contributed by atoms with E-state index < -0.39 is 35.2 Å². The molecule has 0 spiro atoms. The van der Waals surface area contributed by atoms with E-state index in [4.69, 9.17) is 4.74 Å². The summed E-state index contributed by atoms with van der Waals surface area (Å²) < 4.78 is 5.51. The molecule has 1 aliphatic carbocycles. The Morgan fingerprint density at radius 3 is 1.98 bits per heavy atom. The van der Waals surface area contributed by atoms with Crippen molar-refractivity contribution >= 4 is 17.9 Å². The number of rotatable bonds is 10. The van der Waals surface area contributed by atoms with Crippen LogP contribution in [-0.2, 0) is 20.7 Å². The fraction of sp³-hybridized carbons (Fsp3) is 0.545. The fourth-order valence-electron chi connectivity index (χ4n) is 5.23. The summed E-state index contributed by atoms with van der Waals surface area (Å²) in [4.78, 5) is 43.4. The molecule has 2 aromatic rings. The third-order valence-electron chi connectivity index (χ3n) is 7.79. The smallest absolute Gasteiger partial charge is 0.408 e. The maximum atomic E-state index is 14.7. The quantitative estimate of drug-likeness (QED) is 0.283. The van der Waals surface area contributed by atoms with Gasteiger partial charge in [0.15, 0.2) is 0 Å². The number of phenols is 2. The molecule has 42 heavy (non-hydrogen) atoms. The number of hydrogen-bond donors (Lipinski definition) is 4. The summed E-state index contributed by atoms with van der Waals surface area (Å²) in [5.74, 6) is -0.613. The number of ether oxygens (including phenoxy) is 1. The molecule has 0 radical (unpaired) electrons. The van der Waals surface area contributed by atoms with Crippen LogP contribution in [0.1, 0.15) is 97.2 Å². The molecule has 0 aromatic heterocycles. The normalized spacial score (nSPS) is 15.8. The molecule has 0 aliphatic heterocycles. The lowest BCUT2D eigenvalue weighted by atomic mass is 9.90. The second-order valence-corrected chi connectivity index (χ2v) is 12.8. The van der Waals surface area contributed by atoms with Crippen LogP contribution in [0.5, 0.6) is 11.5 Å². The van der Waals surface area contributed by atoms with Gasteiger partial charge in [-0.2, -0.15) is 0 Å². The Bertz CT molecular complexity index is 1200. The Kier molecular flexibility index (Phi) is 10.9. The van der Waals surface area contributed by atoms with E-state index in [0.29, 0.717) is 17.5 Å². The Labute approximate surface area is 249 Å². The van der Waals surface area contributed by atoms with Crippen LogP contribution in [0.3, 0.4) is 0 Å². The van der Waals surface area contributed by atoms with Gasteiger partial charge < -0.3 is 30.5 Å². The SMILES string of the molecule is CCC(C)(C)N(C(=O)C(Cc1ccc(O)cc1)NC(=O)OC(C)(C)C)C(C(=O)NC1CCCCC1)c1ccc(O)cc1. The van der Waals surface area contributed by atoms with Crippen molar-refractivity contribution in [2.24, 2.45) is 0 Å². The second-order valence-electron chi connectivity index (χ2n) is 12.8. The monoisotopic (exact) mass is 581 g/mol. The van der Waals surface area contributed by atoms with Gasteiger partial charge in [-0.3, -0.25) is 9.59 Å². The van der Waals surface area contributed by atoms with Crippen molar-refractivity contribution in [3.05, 3.63) is 59.7 Å². The number of carbonyl (C=O) groups excluding carboxylic acids is 3. The molecule has 0 heterocycles. The molecule has 2 unspecified atom stereocenters. The third-order valence-corrected chi connectivity index (χ3v) is 7.79. The largest absolute Gasteiger partial charge is 0.508 e. The van der Waals surface area contributed by atoms with Crippen LogP contribution in [0.4, 0.5) is 4.79 Å². The van der Waals surface area contributed by atoms with E-state index in [9.17, 15) is 24.6 Å². The van der Waals surface area contributed by atoms with E-state index in [0.717, 1.165) is 32.1 Å². The molecule has 1 fully saturated rings. The summed E-state index contributed by atoms with van der Waals surface area (Å²) in [6.07, 6.45) is 4.85. The van der Waals surface area contributed by atoms with Gasteiger partial charge in [0.05, 0.1) is 0 Å². The van der Waals surface area contributed by atoms with Crippen LogP contribution in [0, 0.1) is 0 Å². The van der Waals surface area contributed by atoms with Crippen LogP contribution in [0.2, 0.25) is 0 Å². The molecule has 0 bridgehead atoms. The molecule has 9 nitrogen and oxygen atoms in total. The maximum absolute atomic E-state index is 14.7. The Hall–Kier alpha value is -3.75. The second kappa shape index (κ2) is 13.9. The number of carbonyl (C=O) groups is 3. The van der Waals surface area contributed by atoms with Gasteiger partial charge in [0.25, 0.3) is 0 Å². The minimum atomic E-state index is -1.07. The fourth-order valence-corrected chi connectivity index (χ4v) is 5.23. The van der Waals surface area contributed by atoms with Crippen molar-refractivity contribution in [1.29, 1.82) is 0 Å². The Morgan fingerprint density at radius 1 is 0.905 bits per heavy atom. The van der Waals surface area contributed by atoms with Gasteiger partial charge in [-0.05, 0) is 89.3 Å². The van der Waals surface area contributed by atoms with E-state index in [1.54, 1.807) is 49.9 Å². The minimum absolute atomic E-state index is 0.0141. The highest BCUT2D eigenvalue weighted by Gasteiger charge is 2.43. The first-order chi connectivity index (χ1) is 19.7. The van der Waals surface area contributed by atoms with Gasteiger partial charge in [0.1, 0.15) is 29.2 Å².